The Bertz CT molecular complexity index is 238. The van der Waals surface area contributed by atoms with E-state index in [2.05, 4.69) is 29.7 Å². The Kier molecular flexibility index (Phi) is 2.65. The fraction of sp³-hybridized carbons (Fsp3) is 0.800. The Balaban J connectivity index is 2.07. The predicted octanol–water partition coefficient (Wildman–Crippen LogP) is -0.149. The summed E-state index contributed by atoms with van der Waals surface area (Å²) in [5.41, 5.74) is 10.5. The second kappa shape index (κ2) is 3.79. The maximum Gasteiger partial charge on any atom is 0.0276 e. The van der Waals surface area contributed by atoms with Crippen LogP contribution in [0, 0.1) is 11.8 Å². The standard InChI is InChI=1S/C10H20N4/c1-7-9(6-14(2)13-7)8-3-4-12-5-10(8)11/h5,7-9,12-13H,3-4,6,11H2,1-2H3. The first-order chi connectivity index (χ1) is 6.68. The van der Waals surface area contributed by atoms with E-state index >= 15 is 0 Å². The van der Waals surface area contributed by atoms with Crippen molar-refractivity contribution >= 4 is 0 Å². The maximum absolute atomic E-state index is 6.02. The molecule has 0 aliphatic carbocycles. The van der Waals surface area contributed by atoms with Gasteiger partial charge in [0.1, 0.15) is 0 Å². The molecule has 2 aliphatic heterocycles. The van der Waals surface area contributed by atoms with Gasteiger partial charge < -0.3 is 11.1 Å². The van der Waals surface area contributed by atoms with Crippen LogP contribution < -0.4 is 16.5 Å². The summed E-state index contributed by atoms with van der Waals surface area (Å²) >= 11 is 0. The Morgan fingerprint density at radius 1 is 1.57 bits per heavy atom. The molecule has 4 nitrogen and oxygen atoms in total. The predicted molar refractivity (Wildman–Crippen MR) is 57.1 cm³/mol. The molecule has 2 rings (SSSR count). The average Bonchev–Trinajstić information content (AvgIpc) is 2.46. The van der Waals surface area contributed by atoms with Gasteiger partial charge in [0.05, 0.1) is 0 Å². The van der Waals surface area contributed by atoms with E-state index < -0.39 is 0 Å². The number of nitrogens with zero attached hydrogens (tertiary/aromatic N) is 1. The molecule has 3 atom stereocenters. The van der Waals surface area contributed by atoms with E-state index in [4.69, 9.17) is 5.73 Å². The second-order valence-corrected chi connectivity index (χ2v) is 4.46. The molecule has 0 aromatic rings. The van der Waals surface area contributed by atoms with Gasteiger partial charge in [0.2, 0.25) is 0 Å². The average molecular weight is 196 g/mol. The third-order valence-corrected chi connectivity index (χ3v) is 3.36. The molecule has 4 N–H and O–H groups in total. The Labute approximate surface area is 85.5 Å². The topological polar surface area (TPSA) is 53.3 Å². The van der Waals surface area contributed by atoms with Gasteiger partial charge in [-0.3, -0.25) is 5.43 Å². The number of rotatable bonds is 1. The highest BCUT2D eigenvalue weighted by Gasteiger charge is 2.35. The normalized spacial score (nSPS) is 39.3. The van der Waals surface area contributed by atoms with Gasteiger partial charge in [-0.2, -0.15) is 0 Å². The van der Waals surface area contributed by atoms with Gasteiger partial charge in [0.15, 0.2) is 0 Å². The summed E-state index contributed by atoms with van der Waals surface area (Å²) < 4.78 is 0. The van der Waals surface area contributed by atoms with Crippen LogP contribution in [-0.2, 0) is 0 Å². The number of hydrogen-bond donors (Lipinski definition) is 3. The molecule has 2 aliphatic rings. The first kappa shape index (κ1) is 9.80. The van der Waals surface area contributed by atoms with Crippen LogP contribution >= 0.6 is 0 Å². The summed E-state index contributed by atoms with van der Waals surface area (Å²) in [6, 6.07) is 0.537. The summed E-state index contributed by atoms with van der Waals surface area (Å²) in [6.07, 6.45) is 3.13. The summed E-state index contributed by atoms with van der Waals surface area (Å²) in [5.74, 6) is 1.20. The van der Waals surface area contributed by atoms with E-state index in [1.165, 1.54) is 0 Å². The SMILES string of the molecule is CC1NN(C)CC1C1CCNC=C1N. The Morgan fingerprint density at radius 2 is 2.36 bits per heavy atom. The number of hydrazine groups is 1. The molecule has 3 unspecified atom stereocenters. The zero-order valence-corrected chi connectivity index (χ0v) is 8.96. The van der Waals surface area contributed by atoms with Crippen molar-refractivity contribution < 1.29 is 0 Å². The van der Waals surface area contributed by atoms with Crippen molar-refractivity contribution in [3.63, 3.8) is 0 Å². The molecule has 14 heavy (non-hydrogen) atoms. The van der Waals surface area contributed by atoms with Gasteiger partial charge in [-0.05, 0) is 19.3 Å². The number of hydrogen-bond acceptors (Lipinski definition) is 4. The van der Waals surface area contributed by atoms with Crippen molar-refractivity contribution in [2.75, 3.05) is 20.1 Å². The highest BCUT2D eigenvalue weighted by atomic mass is 15.5. The quantitative estimate of drug-likeness (QED) is 0.546. The van der Waals surface area contributed by atoms with E-state index in [0.717, 1.165) is 25.2 Å². The fourth-order valence-corrected chi connectivity index (χ4v) is 2.61. The highest BCUT2D eigenvalue weighted by molar-refractivity contribution is 5.08. The molecule has 80 valence electrons. The molecule has 0 amide bonds. The van der Waals surface area contributed by atoms with Crippen LogP contribution in [0.15, 0.2) is 11.9 Å². The molecule has 2 heterocycles. The molecule has 4 heteroatoms. The zero-order valence-electron chi connectivity index (χ0n) is 8.96. The summed E-state index contributed by atoms with van der Waals surface area (Å²) in [6.45, 7) is 4.39. The highest BCUT2D eigenvalue weighted by Crippen LogP contribution is 2.29. The molecule has 1 fully saturated rings. The van der Waals surface area contributed by atoms with Gasteiger partial charge in [-0.15, -0.1) is 0 Å². The summed E-state index contributed by atoms with van der Waals surface area (Å²) in [5, 5.41) is 5.36. The van der Waals surface area contributed by atoms with Crippen LogP contribution in [0.4, 0.5) is 0 Å². The minimum atomic E-state index is 0.537. The molecular weight excluding hydrogens is 176 g/mol. The van der Waals surface area contributed by atoms with Crippen LogP contribution in [0.1, 0.15) is 13.3 Å². The minimum Gasteiger partial charge on any atom is -0.401 e. The van der Waals surface area contributed by atoms with Crippen LogP contribution in [-0.4, -0.2) is 31.2 Å². The number of nitrogens with two attached hydrogens (primary N) is 1. The van der Waals surface area contributed by atoms with Gasteiger partial charge in [0, 0.05) is 44.0 Å². The monoisotopic (exact) mass is 196 g/mol. The Hall–Kier alpha value is -0.740. The molecule has 0 saturated carbocycles. The molecule has 0 aromatic carbocycles. The van der Waals surface area contributed by atoms with Crippen molar-refractivity contribution in [3.05, 3.63) is 11.9 Å². The van der Waals surface area contributed by atoms with E-state index in [0.29, 0.717) is 17.9 Å². The van der Waals surface area contributed by atoms with Gasteiger partial charge in [-0.25, -0.2) is 5.01 Å². The van der Waals surface area contributed by atoms with Gasteiger partial charge in [0.25, 0.3) is 0 Å². The van der Waals surface area contributed by atoms with Crippen molar-refractivity contribution in [2.45, 2.75) is 19.4 Å². The van der Waals surface area contributed by atoms with Crippen LogP contribution in [0.5, 0.6) is 0 Å². The lowest BCUT2D eigenvalue weighted by Crippen LogP contribution is -2.36. The lowest BCUT2D eigenvalue weighted by Gasteiger charge is -2.29. The van der Waals surface area contributed by atoms with E-state index in [1.807, 2.05) is 6.20 Å². The van der Waals surface area contributed by atoms with Gasteiger partial charge >= 0.3 is 0 Å². The summed E-state index contributed by atoms with van der Waals surface area (Å²) in [4.78, 5) is 0. The van der Waals surface area contributed by atoms with Crippen LogP contribution in [0.25, 0.3) is 0 Å². The largest absolute Gasteiger partial charge is 0.401 e. The van der Waals surface area contributed by atoms with Crippen LogP contribution in [0.3, 0.4) is 0 Å². The fourth-order valence-electron chi connectivity index (χ4n) is 2.61. The lowest BCUT2D eigenvalue weighted by atomic mass is 9.82. The van der Waals surface area contributed by atoms with Gasteiger partial charge in [-0.1, -0.05) is 0 Å². The Morgan fingerprint density at radius 3 is 2.93 bits per heavy atom. The first-order valence-electron chi connectivity index (χ1n) is 5.34. The molecule has 1 saturated heterocycles. The zero-order chi connectivity index (χ0) is 10.1. The number of allylic oxidation sites excluding steroid dienone is 1. The molecular formula is C10H20N4. The minimum absolute atomic E-state index is 0.537. The van der Waals surface area contributed by atoms with Crippen molar-refractivity contribution in [1.29, 1.82) is 0 Å². The second-order valence-electron chi connectivity index (χ2n) is 4.46. The molecule has 0 aromatic heterocycles. The third kappa shape index (κ3) is 1.72. The smallest absolute Gasteiger partial charge is 0.0276 e. The molecule has 0 bridgehead atoms. The molecule has 0 spiro atoms. The van der Waals surface area contributed by atoms with Crippen LogP contribution in [0.2, 0.25) is 0 Å². The summed E-state index contributed by atoms with van der Waals surface area (Å²) in [7, 11) is 2.09. The first-order valence-corrected chi connectivity index (χ1v) is 5.34. The van der Waals surface area contributed by atoms with E-state index in [-0.39, 0.29) is 0 Å². The van der Waals surface area contributed by atoms with Crippen molar-refractivity contribution in [1.82, 2.24) is 15.8 Å². The lowest BCUT2D eigenvalue weighted by molar-refractivity contribution is 0.291. The van der Waals surface area contributed by atoms with E-state index in [9.17, 15) is 0 Å². The maximum atomic E-state index is 6.02. The third-order valence-electron chi connectivity index (χ3n) is 3.36. The van der Waals surface area contributed by atoms with E-state index in [1.54, 1.807) is 0 Å². The number of nitrogens with one attached hydrogen (secondary N) is 2. The molecule has 0 radical (unpaired) electrons. The van der Waals surface area contributed by atoms with Crippen molar-refractivity contribution in [3.8, 4) is 0 Å². The van der Waals surface area contributed by atoms with Crippen molar-refractivity contribution in [2.24, 2.45) is 17.6 Å².